The van der Waals surface area contributed by atoms with Gasteiger partial charge in [-0.3, -0.25) is 4.79 Å². The van der Waals surface area contributed by atoms with Gasteiger partial charge in [0.2, 0.25) is 0 Å². The Balaban J connectivity index is 2.29. The van der Waals surface area contributed by atoms with Crippen LogP contribution in [0.15, 0.2) is 6.33 Å². The van der Waals surface area contributed by atoms with Crippen LogP contribution in [0.25, 0.3) is 0 Å². The number of carbonyl (C=O) groups is 2. The molecule has 2 atom stereocenters. The number of aromatic nitrogens is 3. The molecule has 1 rings (SSSR count). The molecule has 5 N–H and O–H groups in total. The summed E-state index contributed by atoms with van der Waals surface area (Å²) in [4.78, 5) is 26.3. The van der Waals surface area contributed by atoms with Crippen molar-refractivity contribution in [1.82, 2.24) is 25.4 Å². The van der Waals surface area contributed by atoms with Crippen LogP contribution in [0.2, 0.25) is 0 Å². The van der Waals surface area contributed by atoms with Gasteiger partial charge in [0.15, 0.2) is 0 Å². The maximum Gasteiger partial charge on any atom is 0.320 e. The molecule has 0 radical (unpaired) electrons. The number of nitrogens with two attached hydrogens (primary N) is 1. The number of hydrogen-bond acceptors (Lipinski definition) is 5. The Hall–Kier alpha value is -2.16. The molecule has 0 aromatic carbocycles. The lowest BCUT2D eigenvalue weighted by Crippen LogP contribution is -2.39. The minimum atomic E-state index is -1.04. The molecule has 0 aliphatic heterocycles. The summed E-state index contributed by atoms with van der Waals surface area (Å²) in [6, 6.07) is -1.50. The smallest absolute Gasteiger partial charge is 0.320 e. The highest BCUT2D eigenvalue weighted by atomic mass is 16.4. The first kappa shape index (κ1) is 16.9. The first-order valence-electron chi connectivity index (χ1n) is 6.86. The minimum absolute atomic E-state index is 0.270. The van der Waals surface area contributed by atoms with Crippen LogP contribution in [0.5, 0.6) is 0 Å². The molecule has 1 aromatic rings. The van der Waals surface area contributed by atoms with Gasteiger partial charge < -0.3 is 21.5 Å². The topological polar surface area (TPSA) is 135 Å². The van der Waals surface area contributed by atoms with Crippen molar-refractivity contribution in [2.24, 2.45) is 5.73 Å². The number of aryl methyl sites for hydroxylation is 1. The number of amides is 2. The minimum Gasteiger partial charge on any atom is -0.480 e. The van der Waals surface area contributed by atoms with Gasteiger partial charge in [0.1, 0.15) is 18.2 Å². The van der Waals surface area contributed by atoms with E-state index in [1.807, 2.05) is 13.8 Å². The molecular weight excluding hydrogens is 276 g/mol. The highest BCUT2D eigenvalue weighted by molar-refractivity contribution is 5.74. The summed E-state index contributed by atoms with van der Waals surface area (Å²) >= 11 is 0. The quantitative estimate of drug-likeness (QED) is 0.493. The van der Waals surface area contributed by atoms with Crippen molar-refractivity contribution < 1.29 is 14.7 Å². The fourth-order valence-corrected chi connectivity index (χ4v) is 1.81. The molecule has 0 saturated heterocycles. The molecule has 0 aliphatic carbocycles. The van der Waals surface area contributed by atoms with E-state index in [1.165, 1.54) is 6.33 Å². The zero-order valence-corrected chi connectivity index (χ0v) is 12.2. The number of hydrogen-bond donors (Lipinski definition) is 4. The number of nitrogens with one attached hydrogen (secondary N) is 2. The van der Waals surface area contributed by atoms with Crippen molar-refractivity contribution in [1.29, 1.82) is 0 Å². The highest BCUT2D eigenvalue weighted by Gasteiger charge is 2.15. The van der Waals surface area contributed by atoms with Crippen LogP contribution < -0.4 is 16.4 Å². The zero-order valence-electron chi connectivity index (χ0n) is 12.2. The predicted octanol–water partition coefficient (Wildman–Crippen LogP) is -0.150. The molecule has 0 fully saturated rings. The van der Waals surface area contributed by atoms with Gasteiger partial charge in [-0.15, -0.1) is 0 Å². The second-order valence-electron chi connectivity index (χ2n) is 4.64. The number of nitrogens with zero attached hydrogens (tertiary/aromatic N) is 3. The Bertz CT molecular complexity index is 475. The van der Waals surface area contributed by atoms with E-state index < -0.39 is 12.0 Å². The number of carbonyl (C=O) groups excluding carboxylic acids is 1. The van der Waals surface area contributed by atoms with Crippen LogP contribution in [-0.2, 0) is 11.3 Å². The van der Waals surface area contributed by atoms with Crippen LogP contribution in [0.3, 0.4) is 0 Å². The van der Waals surface area contributed by atoms with Gasteiger partial charge >= 0.3 is 12.0 Å². The monoisotopic (exact) mass is 298 g/mol. The first-order chi connectivity index (χ1) is 9.95. The summed E-state index contributed by atoms with van der Waals surface area (Å²) in [5, 5.41) is 18.1. The molecule has 9 nitrogen and oxygen atoms in total. The van der Waals surface area contributed by atoms with Crippen LogP contribution in [-0.4, -0.2) is 44.5 Å². The second kappa shape index (κ2) is 8.20. The van der Waals surface area contributed by atoms with Gasteiger partial charge in [0.05, 0.1) is 6.04 Å². The van der Waals surface area contributed by atoms with Crippen molar-refractivity contribution in [2.45, 2.75) is 45.3 Å². The van der Waals surface area contributed by atoms with E-state index >= 15 is 0 Å². The molecular formula is C12H22N6O3. The standard InChI is InChI=1S/C12H22N6O3/c1-3-18-10(15-7-16-18)8(2)17-12(21)14-6-4-5-9(13)11(19)20/h7-9H,3-6,13H2,1-2H3,(H,19,20)(H2,14,17,21)/t8?,9-/m0/s1. The van der Waals surface area contributed by atoms with E-state index in [4.69, 9.17) is 10.8 Å². The molecule has 0 bridgehead atoms. The van der Waals surface area contributed by atoms with E-state index in [-0.39, 0.29) is 12.1 Å². The number of rotatable bonds is 8. The molecule has 1 heterocycles. The van der Waals surface area contributed by atoms with E-state index in [1.54, 1.807) is 4.68 Å². The molecule has 1 unspecified atom stereocenters. The number of aliphatic carboxylic acids is 1. The van der Waals surface area contributed by atoms with Crippen molar-refractivity contribution in [3.05, 3.63) is 12.2 Å². The molecule has 0 aliphatic rings. The highest BCUT2D eigenvalue weighted by Crippen LogP contribution is 2.07. The third-order valence-corrected chi connectivity index (χ3v) is 2.97. The molecule has 1 aromatic heterocycles. The summed E-state index contributed by atoms with van der Waals surface area (Å²) in [6.45, 7) is 4.79. The summed E-state index contributed by atoms with van der Waals surface area (Å²) in [5.74, 6) is -0.354. The third kappa shape index (κ3) is 5.38. The Morgan fingerprint density at radius 3 is 2.86 bits per heavy atom. The summed E-state index contributed by atoms with van der Waals surface area (Å²) in [7, 11) is 0. The Kier molecular flexibility index (Phi) is 6.60. The second-order valence-corrected chi connectivity index (χ2v) is 4.64. The average molecular weight is 298 g/mol. The number of carboxylic acid groups (broad SMARTS) is 1. The Morgan fingerprint density at radius 2 is 2.24 bits per heavy atom. The SMILES string of the molecule is CCn1ncnc1C(C)NC(=O)NCCC[C@H](N)C(=O)O. The zero-order chi connectivity index (χ0) is 15.8. The molecule has 21 heavy (non-hydrogen) atoms. The van der Waals surface area contributed by atoms with Gasteiger partial charge in [0.25, 0.3) is 0 Å². The Labute approximate surface area is 122 Å². The molecule has 2 amide bonds. The molecule has 9 heteroatoms. The Morgan fingerprint density at radius 1 is 1.52 bits per heavy atom. The van der Waals surface area contributed by atoms with Crippen LogP contribution in [0, 0.1) is 0 Å². The normalized spacial score (nSPS) is 13.5. The lowest BCUT2D eigenvalue weighted by molar-refractivity contribution is -0.138. The van der Waals surface area contributed by atoms with E-state index in [2.05, 4.69) is 20.7 Å². The third-order valence-electron chi connectivity index (χ3n) is 2.97. The van der Waals surface area contributed by atoms with Crippen LogP contribution >= 0.6 is 0 Å². The van der Waals surface area contributed by atoms with Crippen molar-refractivity contribution in [3.63, 3.8) is 0 Å². The lowest BCUT2D eigenvalue weighted by Gasteiger charge is -2.14. The van der Waals surface area contributed by atoms with Gasteiger partial charge in [-0.05, 0) is 26.7 Å². The van der Waals surface area contributed by atoms with Gasteiger partial charge in [-0.25, -0.2) is 14.5 Å². The van der Waals surface area contributed by atoms with E-state index in [0.717, 1.165) is 0 Å². The first-order valence-corrected chi connectivity index (χ1v) is 6.86. The van der Waals surface area contributed by atoms with Crippen molar-refractivity contribution >= 4 is 12.0 Å². The fraction of sp³-hybridized carbons (Fsp3) is 0.667. The van der Waals surface area contributed by atoms with Crippen LogP contribution in [0.4, 0.5) is 4.79 Å². The van der Waals surface area contributed by atoms with Gasteiger partial charge in [-0.1, -0.05) is 0 Å². The van der Waals surface area contributed by atoms with Crippen LogP contribution in [0.1, 0.15) is 38.6 Å². The van der Waals surface area contributed by atoms with Gasteiger partial charge in [0, 0.05) is 13.1 Å². The maximum atomic E-state index is 11.7. The molecule has 0 saturated carbocycles. The fourth-order valence-electron chi connectivity index (χ4n) is 1.81. The molecule has 0 spiro atoms. The van der Waals surface area contributed by atoms with Gasteiger partial charge in [-0.2, -0.15) is 5.10 Å². The van der Waals surface area contributed by atoms with Crippen molar-refractivity contribution in [3.8, 4) is 0 Å². The predicted molar refractivity (Wildman–Crippen MR) is 75.5 cm³/mol. The van der Waals surface area contributed by atoms with E-state index in [0.29, 0.717) is 31.8 Å². The van der Waals surface area contributed by atoms with Crippen molar-refractivity contribution in [2.75, 3.05) is 6.54 Å². The molecule has 118 valence electrons. The van der Waals surface area contributed by atoms with E-state index in [9.17, 15) is 9.59 Å². The largest absolute Gasteiger partial charge is 0.480 e. The number of carboxylic acids is 1. The summed E-state index contributed by atoms with van der Waals surface area (Å²) < 4.78 is 1.71. The average Bonchev–Trinajstić information content (AvgIpc) is 2.91. The lowest BCUT2D eigenvalue weighted by atomic mass is 10.2. The summed E-state index contributed by atoms with van der Waals surface area (Å²) in [6.07, 6.45) is 2.26. The summed E-state index contributed by atoms with van der Waals surface area (Å²) in [5.41, 5.74) is 5.36. The number of urea groups is 1. The maximum absolute atomic E-state index is 11.7.